The molecule has 28 heavy (non-hydrogen) atoms. The van der Waals surface area contributed by atoms with Crippen molar-refractivity contribution in [1.29, 1.82) is 0 Å². The molecule has 3 amide bonds. The molecule has 2 aromatic rings. The number of hydrogen-bond donors (Lipinski definition) is 3. The summed E-state index contributed by atoms with van der Waals surface area (Å²) in [4.78, 5) is 24.2. The summed E-state index contributed by atoms with van der Waals surface area (Å²) in [6.45, 7) is 5.89. The van der Waals surface area contributed by atoms with Gasteiger partial charge in [-0.25, -0.2) is 9.48 Å². The van der Waals surface area contributed by atoms with E-state index in [1.807, 2.05) is 6.07 Å². The first kappa shape index (κ1) is 20.1. The van der Waals surface area contributed by atoms with Gasteiger partial charge in [0.25, 0.3) is 5.91 Å². The number of aromatic nitrogens is 3. The summed E-state index contributed by atoms with van der Waals surface area (Å²) in [5, 5.41) is 17.1. The van der Waals surface area contributed by atoms with Crippen molar-refractivity contribution in [3.8, 4) is 0 Å². The number of benzene rings is 1. The molecule has 0 saturated heterocycles. The molecule has 0 radical (unpaired) electrons. The predicted molar refractivity (Wildman–Crippen MR) is 108 cm³/mol. The SMILES string of the molecule is CC(C)CCNC(=O)NCCn1nnc2cc(C(=O)NC3CCCC3)ccc21. The van der Waals surface area contributed by atoms with Crippen molar-refractivity contribution in [2.24, 2.45) is 5.92 Å². The first-order chi connectivity index (χ1) is 13.5. The number of rotatable bonds is 8. The maximum Gasteiger partial charge on any atom is 0.314 e. The van der Waals surface area contributed by atoms with Crippen molar-refractivity contribution < 1.29 is 9.59 Å². The van der Waals surface area contributed by atoms with Gasteiger partial charge in [0.05, 0.1) is 12.1 Å². The molecule has 3 rings (SSSR count). The Labute approximate surface area is 165 Å². The van der Waals surface area contributed by atoms with Gasteiger partial charge in [-0.05, 0) is 43.4 Å². The molecule has 0 bridgehead atoms. The minimum absolute atomic E-state index is 0.0527. The smallest absolute Gasteiger partial charge is 0.314 e. The highest BCUT2D eigenvalue weighted by molar-refractivity contribution is 5.97. The van der Waals surface area contributed by atoms with E-state index in [9.17, 15) is 9.59 Å². The third-order valence-electron chi connectivity index (χ3n) is 5.08. The topological polar surface area (TPSA) is 101 Å². The molecule has 1 fully saturated rings. The normalized spacial score (nSPS) is 14.5. The molecule has 1 aliphatic carbocycles. The van der Waals surface area contributed by atoms with Crippen LogP contribution in [-0.4, -0.2) is 46.1 Å². The number of carbonyl (C=O) groups excluding carboxylic acids is 2. The number of nitrogens with zero attached hydrogens (tertiary/aromatic N) is 3. The Bertz CT molecular complexity index is 810. The van der Waals surface area contributed by atoms with E-state index < -0.39 is 0 Å². The highest BCUT2D eigenvalue weighted by Gasteiger charge is 2.18. The van der Waals surface area contributed by atoms with Gasteiger partial charge in [0.2, 0.25) is 0 Å². The minimum Gasteiger partial charge on any atom is -0.349 e. The number of carbonyl (C=O) groups is 2. The molecule has 1 aromatic carbocycles. The Morgan fingerprint density at radius 3 is 2.68 bits per heavy atom. The van der Waals surface area contributed by atoms with Crippen LogP contribution in [0, 0.1) is 5.92 Å². The lowest BCUT2D eigenvalue weighted by Crippen LogP contribution is -2.38. The molecular formula is C20H30N6O2. The Hall–Kier alpha value is -2.64. The second-order valence-electron chi connectivity index (χ2n) is 7.84. The number of hydrogen-bond acceptors (Lipinski definition) is 4. The molecule has 8 nitrogen and oxygen atoms in total. The third kappa shape index (κ3) is 5.43. The second-order valence-corrected chi connectivity index (χ2v) is 7.84. The van der Waals surface area contributed by atoms with Gasteiger partial charge >= 0.3 is 6.03 Å². The zero-order valence-electron chi connectivity index (χ0n) is 16.7. The van der Waals surface area contributed by atoms with Gasteiger partial charge in [0.15, 0.2) is 0 Å². The van der Waals surface area contributed by atoms with E-state index in [-0.39, 0.29) is 18.0 Å². The van der Waals surface area contributed by atoms with E-state index >= 15 is 0 Å². The lowest BCUT2D eigenvalue weighted by atomic mass is 10.1. The fourth-order valence-corrected chi connectivity index (χ4v) is 3.43. The zero-order chi connectivity index (χ0) is 19.9. The molecule has 0 unspecified atom stereocenters. The third-order valence-corrected chi connectivity index (χ3v) is 5.08. The molecule has 1 aromatic heterocycles. The lowest BCUT2D eigenvalue weighted by molar-refractivity contribution is 0.0938. The van der Waals surface area contributed by atoms with E-state index in [2.05, 4.69) is 40.1 Å². The summed E-state index contributed by atoms with van der Waals surface area (Å²) in [6.07, 6.45) is 5.44. The second kappa shape index (κ2) is 9.52. The predicted octanol–water partition coefficient (Wildman–Crippen LogP) is 2.45. The Morgan fingerprint density at radius 1 is 1.18 bits per heavy atom. The molecular weight excluding hydrogens is 356 g/mol. The van der Waals surface area contributed by atoms with Crippen LogP contribution < -0.4 is 16.0 Å². The van der Waals surface area contributed by atoms with Crippen LogP contribution in [0.5, 0.6) is 0 Å². The fourth-order valence-electron chi connectivity index (χ4n) is 3.43. The number of fused-ring (bicyclic) bond motifs is 1. The summed E-state index contributed by atoms with van der Waals surface area (Å²) >= 11 is 0. The van der Waals surface area contributed by atoms with E-state index in [1.165, 1.54) is 12.8 Å². The van der Waals surface area contributed by atoms with Crippen molar-refractivity contribution in [3.63, 3.8) is 0 Å². The van der Waals surface area contributed by atoms with Crippen LogP contribution in [0.1, 0.15) is 56.3 Å². The molecule has 1 saturated carbocycles. The van der Waals surface area contributed by atoms with Crippen molar-refractivity contribution in [2.45, 2.75) is 58.5 Å². The van der Waals surface area contributed by atoms with Crippen molar-refractivity contribution >= 4 is 23.0 Å². The van der Waals surface area contributed by atoms with Gasteiger partial charge in [0.1, 0.15) is 5.52 Å². The van der Waals surface area contributed by atoms with Crippen LogP contribution in [-0.2, 0) is 6.54 Å². The Balaban J connectivity index is 1.51. The van der Waals surface area contributed by atoms with E-state index in [0.717, 1.165) is 24.8 Å². The van der Waals surface area contributed by atoms with Gasteiger partial charge in [-0.15, -0.1) is 5.10 Å². The molecule has 8 heteroatoms. The summed E-state index contributed by atoms with van der Waals surface area (Å²) in [5.74, 6) is 0.509. The summed E-state index contributed by atoms with van der Waals surface area (Å²) < 4.78 is 1.74. The standard InChI is InChI=1S/C20H30N6O2/c1-14(2)9-10-21-20(28)22-11-12-26-18-8-7-15(13-17(18)24-25-26)19(27)23-16-5-3-4-6-16/h7-8,13-14,16H,3-6,9-12H2,1-2H3,(H,23,27)(H2,21,22,28). The number of amides is 3. The molecule has 0 atom stereocenters. The average molecular weight is 387 g/mol. The van der Waals surface area contributed by atoms with Crippen LogP contribution in [0.15, 0.2) is 18.2 Å². The van der Waals surface area contributed by atoms with Gasteiger partial charge < -0.3 is 16.0 Å². The van der Waals surface area contributed by atoms with Crippen molar-refractivity contribution in [2.75, 3.05) is 13.1 Å². The molecule has 0 aliphatic heterocycles. The highest BCUT2D eigenvalue weighted by Crippen LogP contribution is 2.19. The van der Waals surface area contributed by atoms with Crippen LogP contribution in [0.3, 0.4) is 0 Å². The van der Waals surface area contributed by atoms with Crippen LogP contribution in [0.4, 0.5) is 4.79 Å². The first-order valence-electron chi connectivity index (χ1n) is 10.2. The average Bonchev–Trinajstić information content (AvgIpc) is 3.31. The van der Waals surface area contributed by atoms with Gasteiger partial charge in [-0.3, -0.25) is 4.79 Å². The van der Waals surface area contributed by atoms with E-state index in [0.29, 0.717) is 36.6 Å². The van der Waals surface area contributed by atoms with Gasteiger partial charge in [0, 0.05) is 24.7 Å². The van der Waals surface area contributed by atoms with Crippen LogP contribution in [0.25, 0.3) is 11.0 Å². The largest absolute Gasteiger partial charge is 0.349 e. The fraction of sp³-hybridized carbons (Fsp3) is 0.600. The lowest BCUT2D eigenvalue weighted by Gasteiger charge is -2.11. The van der Waals surface area contributed by atoms with Gasteiger partial charge in [-0.2, -0.15) is 0 Å². The first-order valence-corrected chi connectivity index (χ1v) is 10.2. The molecule has 0 spiro atoms. The summed E-state index contributed by atoms with van der Waals surface area (Å²) in [5.41, 5.74) is 2.13. The maximum absolute atomic E-state index is 12.4. The quantitative estimate of drug-likeness (QED) is 0.649. The van der Waals surface area contributed by atoms with Crippen LogP contribution in [0.2, 0.25) is 0 Å². The molecule has 1 heterocycles. The van der Waals surface area contributed by atoms with Crippen molar-refractivity contribution in [3.05, 3.63) is 23.8 Å². The van der Waals surface area contributed by atoms with E-state index in [1.54, 1.807) is 16.8 Å². The van der Waals surface area contributed by atoms with Crippen molar-refractivity contribution in [1.82, 2.24) is 30.9 Å². The molecule has 152 valence electrons. The monoisotopic (exact) mass is 386 g/mol. The maximum atomic E-state index is 12.4. The van der Waals surface area contributed by atoms with E-state index in [4.69, 9.17) is 0 Å². The van der Waals surface area contributed by atoms with Gasteiger partial charge in [-0.1, -0.05) is 31.9 Å². The Morgan fingerprint density at radius 2 is 1.93 bits per heavy atom. The number of urea groups is 1. The minimum atomic E-state index is -0.170. The Kier molecular flexibility index (Phi) is 6.84. The number of nitrogens with one attached hydrogen (secondary N) is 3. The van der Waals surface area contributed by atoms with Crippen LogP contribution >= 0.6 is 0 Å². The highest BCUT2D eigenvalue weighted by atomic mass is 16.2. The molecule has 1 aliphatic rings. The summed E-state index contributed by atoms with van der Waals surface area (Å²) in [6, 6.07) is 5.56. The molecule has 3 N–H and O–H groups in total. The zero-order valence-corrected chi connectivity index (χ0v) is 16.7. The summed E-state index contributed by atoms with van der Waals surface area (Å²) in [7, 11) is 0.